The third-order valence-electron chi connectivity index (χ3n) is 3.55. The lowest BCUT2D eigenvalue weighted by molar-refractivity contribution is -0.385. The van der Waals surface area contributed by atoms with E-state index < -0.39 is 4.92 Å². The maximum Gasteiger partial charge on any atom is 0.311 e. The Bertz CT molecular complexity index is 825. The second-order valence-corrected chi connectivity index (χ2v) is 4.97. The molecule has 1 heterocycles. The number of carbonyl (C=O) groups is 1. The van der Waals surface area contributed by atoms with E-state index in [0.29, 0.717) is 22.4 Å². The third kappa shape index (κ3) is 2.78. The Balaban J connectivity index is 1.98. The molecule has 2 aromatic rings. The lowest BCUT2D eigenvalue weighted by Crippen LogP contribution is -2.18. The van der Waals surface area contributed by atoms with Gasteiger partial charge in [0, 0.05) is 11.6 Å². The van der Waals surface area contributed by atoms with E-state index in [1.54, 1.807) is 36.4 Å². The number of Topliss-reactive ketones (excluding diaryl/α,β-unsaturated/α-hetero) is 1. The number of benzene rings is 2. The van der Waals surface area contributed by atoms with Gasteiger partial charge in [0.15, 0.2) is 11.5 Å². The van der Waals surface area contributed by atoms with E-state index in [1.165, 1.54) is 19.2 Å². The molecule has 0 amide bonds. The van der Waals surface area contributed by atoms with Gasteiger partial charge in [-0.1, -0.05) is 18.2 Å². The number of hydrogen-bond acceptors (Lipinski definition) is 5. The number of fused-ring (bicyclic) bond motifs is 1. The Kier molecular flexibility index (Phi) is 3.80. The molecule has 0 aliphatic carbocycles. The van der Waals surface area contributed by atoms with Gasteiger partial charge < -0.3 is 9.47 Å². The van der Waals surface area contributed by atoms with Gasteiger partial charge >= 0.3 is 5.69 Å². The summed E-state index contributed by atoms with van der Waals surface area (Å²) in [6.07, 6.45) is 1.60. The number of ketones is 1. The van der Waals surface area contributed by atoms with Crippen molar-refractivity contribution in [2.24, 2.45) is 0 Å². The molecule has 3 rings (SSSR count). The van der Waals surface area contributed by atoms with Gasteiger partial charge in [-0.3, -0.25) is 14.9 Å². The lowest BCUT2D eigenvalue weighted by Gasteiger charge is -2.18. The van der Waals surface area contributed by atoms with Crippen molar-refractivity contribution in [2.45, 2.75) is 0 Å². The monoisotopic (exact) mass is 311 g/mol. The fraction of sp³-hybridized carbons (Fsp3) is 0.118. The van der Waals surface area contributed by atoms with Crippen LogP contribution in [-0.2, 0) is 0 Å². The number of ether oxygens (including phenoxy) is 2. The van der Waals surface area contributed by atoms with E-state index in [4.69, 9.17) is 9.47 Å². The topological polar surface area (TPSA) is 78.7 Å². The predicted octanol–water partition coefficient (Wildman–Crippen LogP) is 3.26. The molecule has 0 aromatic heterocycles. The molecule has 0 spiro atoms. The SMILES string of the molecule is COc1ccc(C=C2COc3ccccc3C2=O)cc1[N+](=O)[O-]. The normalized spacial score (nSPS) is 15.0. The molecule has 0 radical (unpaired) electrons. The van der Waals surface area contributed by atoms with Gasteiger partial charge in [-0.25, -0.2) is 0 Å². The second-order valence-electron chi connectivity index (χ2n) is 4.97. The standard InChI is InChI=1S/C17H13NO5/c1-22-16-7-6-11(9-14(16)18(20)21)8-12-10-23-15-5-3-2-4-13(15)17(12)19/h2-9H,10H2,1H3. The molecule has 0 unspecified atom stereocenters. The van der Waals surface area contributed by atoms with Crippen LogP contribution >= 0.6 is 0 Å². The molecule has 0 N–H and O–H groups in total. The average molecular weight is 311 g/mol. The molecule has 2 aromatic carbocycles. The molecule has 0 fully saturated rings. The van der Waals surface area contributed by atoms with E-state index in [-0.39, 0.29) is 23.8 Å². The maximum absolute atomic E-state index is 12.5. The second kappa shape index (κ2) is 5.92. The zero-order valence-corrected chi connectivity index (χ0v) is 12.3. The number of nitro benzene ring substituents is 1. The largest absolute Gasteiger partial charge is 0.490 e. The van der Waals surface area contributed by atoms with Gasteiger partial charge in [0.1, 0.15) is 12.4 Å². The number of carbonyl (C=O) groups excluding carboxylic acids is 1. The first-order valence-electron chi connectivity index (χ1n) is 6.89. The Morgan fingerprint density at radius 2 is 2.04 bits per heavy atom. The molecule has 1 aliphatic rings. The molecular formula is C17H13NO5. The molecule has 116 valence electrons. The van der Waals surface area contributed by atoms with Crippen molar-refractivity contribution in [3.8, 4) is 11.5 Å². The van der Waals surface area contributed by atoms with Gasteiger partial charge in [-0.05, 0) is 29.8 Å². The highest BCUT2D eigenvalue weighted by atomic mass is 16.6. The smallest absolute Gasteiger partial charge is 0.311 e. The van der Waals surface area contributed by atoms with Crippen LogP contribution in [0, 0.1) is 10.1 Å². The highest BCUT2D eigenvalue weighted by Crippen LogP contribution is 2.31. The summed E-state index contributed by atoms with van der Waals surface area (Å²) in [5.41, 5.74) is 1.34. The van der Waals surface area contributed by atoms with Crippen LogP contribution in [0.5, 0.6) is 11.5 Å². The fourth-order valence-corrected chi connectivity index (χ4v) is 2.42. The fourth-order valence-electron chi connectivity index (χ4n) is 2.42. The molecule has 6 nitrogen and oxygen atoms in total. The van der Waals surface area contributed by atoms with Gasteiger partial charge in [0.2, 0.25) is 0 Å². The van der Waals surface area contributed by atoms with Crippen molar-refractivity contribution in [2.75, 3.05) is 13.7 Å². The number of hydrogen-bond donors (Lipinski definition) is 0. The zero-order chi connectivity index (χ0) is 16.4. The number of nitro groups is 1. The summed E-state index contributed by atoms with van der Waals surface area (Å²) in [4.78, 5) is 23.0. The van der Waals surface area contributed by atoms with E-state index in [9.17, 15) is 14.9 Å². The molecule has 6 heteroatoms. The van der Waals surface area contributed by atoms with Crippen LogP contribution in [0.15, 0.2) is 48.0 Å². The first kappa shape index (κ1) is 14.8. The Hall–Kier alpha value is -3.15. The summed E-state index contributed by atoms with van der Waals surface area (Å²) in [5.74, 6) is 0.592. The van der Waals surface area contributed by atoms with Crippen molar-refractivity contribution in [3.05, 3.63) is 69.3 Å². The number of methoxy groups -OCH3 is 1. The van der Waals surface area contributed by atoms with Gasteiger partial charge in [0.05, 0.1) is 17.6 Å². The van der Waals surface area contributed by atoms with E-state index in [0.717, 1.165) is 0 Å². The van der Waals surface area contributed by atoms with Crippen molar-refractivity contribution < 1.29 is 19.2 Å². The van der Waals surface area contributed by atoms with Crippen LogP contribution in [-0.4, -0.2) is 24.4 Å². The Morgan fingerprint density at radius 1 is 1.26 bits per heavy atom. The van der Waals surface area contributed by atoms with Crippen molar-refractivity contribution in [1.29, 1.82) is 0 Å². The van der Waals surface area contributed by atoms with Crippen molar-refractivity contribution >= 4 is 17.5 Å². The summed E-state index contributed by atoms with van der Waals surface area (Å²) in [6, 6.07) is 11.5. The van der Waals surface area contributed by atoms with Crippen LogP contribution in [0.25, 0.3) is 6.08 Å². The summed E-state index contributed by atoms with van der Waals surface area (Å²) in [5, 5.41) is 11.1. The minimum Gasteiger partial charge on any atom is -0.490 e. The molecular weight excluding hydrogens is 298 g/mol. The molecule has 23 heavy (non-hydrogen) atoms. The maximum atomic E-state index is 12.5. The van der Waals surface area contributed by atoms with Crippen LogP contribution in [0.4, 0.5) is 5.69 Å². The summed E-state index contributed by atoms with van der Waals surface area (Å²) in [7, 11) is 1.37. The highest BCUT2D eigenvalue weighted by Gasteiger charge is 2.23. The highest BCUT2D eigenvalue weighted by molar-refractivity contribution is 6.14. The first-order valence-corrected chi connectivity index (χ1v) is 6.89. The van der Waals surface area contributed by atoms with Crippen molar-refractivity contribution in [1.82, 2.24) is 0 Å². The molecule has 0 atom stereocenters. The zero-order valence-electron chi connectivity index (χ0n) is 12.3. The summed E-state index contributed by atoms with van der Waals surface area (Å²) >= 11 is 0. The molecule has 0 saturated carbocycles. The van der Waals surface area contributed by atoms with Crippen LogP contribution in [0.1, 0.15) is 15.9 Å². The number of nitrogens with zero attached hydrogens (tertiary/aromatic N) is 1. The quantitative estimate of drug-likeness (QED) is 0.494. The minimum absolute atomic E-state index is 0.134. The van der Waals surface area contributed by atoms with Crippen LogP contribution < -0.4 is 9.47 Å². The number of rotatable bonds is 3. The third-order valence-corrected chi connectivity index (χ3v) is 3.55. The van der Waals surface area contributed by atoms with E-state index in [1.807, 2.05) is 0 Å². The average Bonchev–Trinajstić information content (AvgIpc) is 2.57. The van der Waals surface area contributed by atoms with Crippen molar-refractivity contribution in [3.63, 3.8) is 0 Å². The molecule has 0 saturated heterocycles. The van der Waals surface area contributed by atoms with Gasteiger partial charge in [-0.2, -0.15) is 0 Å². The molecule has 0 bridgehead atoms. The summed E-state index contributed by atoms with van der Waals surface area (Å²) < 4.78 is 10.5. The predicted molar refractivity (Wildman–Crippen MR) is 83.9 cm³/mol. The van der Waals surface area contributed by atoms with E-state index in [2.05, 4.69) is 0 Å². The Labute approximate surface area is 132 Å². The molecule has 1 aliphatic heterocycles. The number of para-hydroxylation sites is 1. The Morgan fingerprint density at radius 3 is 2.78 bits per heavy atom. The van der Waals surface area contributed by atoms with E-state index >= 15 is 0 Å². The van der Waals surface area contributed by atoms with Gasteiger partial charge in [0.25, 0.3) is 0 Å². The summed E-state index contributed by atoms with van der Waals surface area (Å²) in [6.45, 7) is 0.135. The first-order chi connectivity index (χ1) is 11.1. The lowest BCUT2D eigenvalue weighted by atomic mass is 9.98. The minimum atomic E-state index is -0.519. The van der Waals surface area contributed by atoms with Gasteiger partial charge in [-0.15, -0.1) is 0 Å². The van der Waals surface area contributed by atoms with Crippen LogP contribution in [0.3, 0.4) is 0 Å². The van der Waals surface area contributed by atoms with Crippen LogP contribution in [0.2, 0.25) is 0 Å².